The van der Waals surface area contributed by atoms with Gasteiger partial charge in [-0.15, -0.1) is 0 Å². The van der Waals surface area contributed by atoms with Crippen LogP contribution >= 0.6 is 0 Å². The summed E-state index contributed by atoms with van der Waals surface area (Å²) in [6.45, 7) is 6.45. The van der Waals surface area contributed by atoms with E-state index in [1.54, 1.807) is 36.4 Å². The second kappa shape index (κ2) is 8.97. The van der Waals surface area contributed by atoms with Gasteiger partial charge in [-0.2, -0.15) is 4.31 Å². The Balaban J connectivity index is 1.65. The van der Waals surface area contributed by atoms with Crippen LogP contribution in [0.3, 0.4) is 0 Å². The molecule has 1 fully saturated rings. The Morgan fingerprint density at radius 1 is 1.10 bits per heavy atom. The van der Waals surface area contributed by atoms with Gasteiger partial charge in [0.1, 0.15) is 5.75 Å². The molecule has 0 aliphatic carbocycles. The molecular formula is C22H28N2O4S. The highest BCUT2D eigenvalue weighted by molar-refractivity contribution is 7.89. The number of ether oxygens (including phenoxy) is 1. The maximum Gasteiger partial charge on any atom is 0.243 e. The molecule has 0 aromatic heterocycles. The molecule has 1 heterocycles. The summed E-state index contributed by atoms with van der Waals surface area (Å²) >= 11 is 0. The molecule has 0 spiro atoms. The van der Waals surface area contributed by atoms with Gasteiger partial charge in [0, 0.05) is 18.8 Å². The monoisotopic (exact) mass is 416 g/mol. The third kappa shape index (κ3) is 5.36. The normalized spacial score (nSPS) is 17.9. The predicted octanol–water partition coefficient (Wildman–Crippen LogP) is 3.82. The highest BCUT2D eigenvalue weighted by Crippen LogP contribution is 2.25. The van der Waals surface area contributed by atoms with E-state index >= 15 is 0 Å². The largest absolute Gasteiger partial charge is 0.491 e. The number of rotatable bonds is 6. The van der Waals surface area contributed by atoms with Crippen molar-refractivity contribution < 1.29 is 17.9 Å². The number of carbonyl (C=O) groups excluding carboxylic acids is 1. The molecule has 1 unspecified atom stereocenters. The number of nitrogens with one attached hydrogen (secondary N) is 1. The number of hydrogen-bond donors (Lipinski definition) is 1. The molecule has 0 saturated carbocycles. The summed E-state index contributed by atoms with van der Waals surface area (Å²) in [5, 5.41) is 2.90. The van der Waals surface area contributed by atoms with Crippen LogP contribution in [0.15, 0.2) is 53.4 Å². The second-order valence-corrected chi connectivity index (χ2v) is 9.63. The molecule has 0 radical (unpaired) electrons. The van der Waals surface area contributed by atoms with Gasteiger partial charge in [0.25, 0.3) is 0 Å². The SMILES string of the molecule is Cc1ccc(S(=O)(=O)N2CCCC(C(=O)Nc3ccc(OC(C)C)cc3)C2)cc1. The van der Waals surface area contributed by atoms with Gasteiger partial charge < -0.3 is 10.1 Å². The van der Waals surface area contributed by atoms with Crippen molar-refractivity contribution in [1.29, 1.82) is 0 Å². The van der Waals surface area contributed by atoms with Crippen molar-refractivity contribution in [1.82, 2.24) is 4.31 Å². The van der Waals surface area contributed by atoms with E-state index in [1.165, 1.54) is 4.31 Å². The molecule has 2 aromatic carbocycles. The first kappa shape index (κ1) is 21.3. The maximum absolute atomic E-state index is 12.9. The number of carbonyl (C=O) groups is 1. The number of piperidine rings is 1. The fourth-order valence-corrected chi connectivity index (χ4v) is 4.89. The van der Waals surface area contributed by atoms with Crippen LogP contribution in [0, 0.1) is 12.8 Å². The predicted molar refractivity (Wildman–Crippen MR) is 113 cm³/mol. The molecule has 1 aliphatic heterocycles. The second-order valence-electron chi connectivity index (χ2n) is 7.70. The lowest BCUT2D eigenvalue weighted by atomic mass is 9.99. The third-order valence-corrected chi connectivity index (χ3v) is 6.79. The van der Waals surface area contributed by atoms with Crippen LogP contribution in [-0.4, -0.2) is 37.8 Å². The summed E-state index contributed by atoms with van der Waals surface area (Å²) in [4.78, 5) is 13.0. The highest BCUT2D eigenvalue weighted by Gasteiger charge is 2.33. The van der Waals surface area contributed by atoms with E-state index < -0.39 is 10.0 Å². The van der Waals surface area contributed by atoms with Gasteiger partial charge >= 0.3 is 0 Å². The molecular weight excluding hydrogens is 388 g/mol. The van der Waals surface area contributed by atoms with E-state index in [2.05, 4.69) is 5.32 Å². The van der Waals surface area contributed by atoms with Gasteiger partial charge in [-0.05, 0) is 70.0 Å². The van der Waals surface area contributed by atoms with Crippen LogP contribution in [0.2, 0.25) is 0 Å². The molecule has 7 heteroatoms. The molecule has 1 saturated heterocycles. The minimum atomic E-state index is -3.60. The first-order chi connectivity index (χ1) is 13.8. The van der Waals surface area contributed by atoms with Crippen molar-refractivity contribution in [2.45, 2.75) is 44.6 Å². The zero-order chi connectivity index (χ0) is 21.0. The Kier molecular flexibility index (Phi) is 6.59. The summed E-state index contributed by atoms with van der Waals surface area (Å²) in [7, 11) is -3.60. The number of amides is 1. The summed E-state index contributed by atoms with van der Waals surface area (Å²) in [6.07, 6.45) is 1.41. The van der Waals surface area contributed by atoms with Crippen LogP contribution in [0.1, 0.15) is 32.3 Å². The fraction of sp³-hybridized carbons (Fsp3) is 0.409. The van der Waals surface area contributed by atoms with E-state index in [9.17, 15) is 13.2 Å². The van der Waals surface area contributed by atoms with Crippen LogP contribution in [-0.2, 0) is 14.8 Å². The Bertz CT molecular complexity index is 938. The Labute approximate surface area is 172 Å². The smallest absolute Gasteiger partial charge is 0.243 e. The molecule has 1 amide bonds. The lowest BCUT2D eigenvalue weighted by Gasteiger charge is -2.31. The Morgan fingerprint density at radius 2 is 1.76 bits per heavy atom. The molecule has 6 nitrogen and oxygen atoms in total. The minimum Gasteiger partial charge on any atom is -0.491 e. The van der Waals surface area contributed by atoms with Crippen LogP contribution < -0.4 is 10.1 Å². The van der Waals surface area contributed by atoms with Gasteiger partial charge in [0.2, 0.25) is 15.9 Å². The maximum atomic E-state index is 12.9. The quantitative estimate of drug-likeness (QED) is 0.777. The van der Waals surface area contributed by atoms with Gasteiger partial charge in [-0.25, -0.2) is 8.42 Å². The number of sulfonamides is 1. The first-order valence-corrected chi connectivity index (χ1v) is 11.3. The minimum absolute atomic E-state index is 0.0825. The molecule has 29 heavy (non-hydrogen) atoms. The average Bonchev–Trinajstić information content (AvgIpc) is 2.69. The Hall–Kier alpha value is -2.38. The van der Waals surface area contributed by atoms with Crippen molar-refractivity contribution in [2.24, 2.45) is 5.92 Å². The van der Waals surface area contributed by atoms with Crippen molar-refractivity contribution in [3.8, 4) is 5.75 Å². The Morgan fingerprint density at radius 3 is 2.38 bits per heavy atom. The van der Waals surface area contributed by atoms with E-state index in [0.717, 1.165) is 11.3 Å². The summed E-state index contributed by atoms with van der Waals surface area (Å²) in [6, 6.07) is 14.0. The zero-order valence-corrected chi connectivity index (χ0v) is 17.9. The van der Waals surface area contributed by atoms with Crippen LogP contribution in [0.4, 0.5) is 5.69 Å². The van der Waals surface area contributed by atoms with E-state index in [4.69, 9.17) is 4.74 Å². The summed E-state index contributed by atoms with van der Waals surface area (Å²) in [5.74, 6) is 0.202. The fourth-order valence-electron chi connectivity index (χ4n) is 3.37. The third-order valence-electron chi connectivity index (χ3n) is 4.91. The summed E-state index contributed by atoms with van der Waals surface area (Å²) in [5.41, 5.74) is 1.68. The lowest BCUT2D eigenvalue weighted by molar-refractivity contribution is -0.120. The molecule has 156 valence electrons. The topological polar surface area (TPSA) is 75.7 Å². The molecule has 0 bridgehead atoms. The number of benzene rings is 2. The van der Waals surface area contributed by atoms with Gasteiger partial charge in [-0.1, -0.05) is 17.7 Å². The number of anilines is 1. The molecule has 1 atom stereocenters. The van der Waals surface area contributed by atoms with Gasteiger partial charge in [0.05, 0.1) is 16.9 Å². The first-order valence-electron chi connectivity index (χ1n) is 9.90. The lowest BCUT2D eigenvalue weighted by Crippen LogP contribution is -2.43. The number of aryl methyl sites for hydroxylation is 1. The number of nitrogens with zero attached hydrogens (tertiary/aromatic N) is 1. The van der Waals surface area contributed by atoms with Crippen molar-refractivity contribution in [2.75, 3.05) is 18.4 Å². The summed E-state index contributed by atoms with van der Waals surface area (Å²) < 4.78 is 32.9. The zero-order valence-electron chi connectivity index (χ0n) is 17.1. The van der Waals surface area contributed by atoms with Gasteiger partial charge in [-0.3, -0.25) is 4.79 Å². The average molecular weight is 417 g/mol. The molecule has 1 N–H and O–H groups in total. The van der Waals surface area contributed by atoms with Crippen molar-refractivity contribution >= 4 is 21.6 Å². The molecule has 2 aromatic rings. The standard InChI is InChI=1S/C22H28N2O4S/c1-16(2)28-20-10-8-19(9-11-20)23-22(25)18-5-4-14-24(15-18)29(26,27)21-12-6-17(3)7-13-21/h6-13,16,18H,4-5,14-15H2,1-3H3,(H,23,25). The highest BCUT2D eigenvalue weighted by atomic mass is 32.2. The van der Waals surface area contributed by atoms with Crippen molar-refractivity contribution in [3.05, 3.63) is 54.1 Å². The van der Waals surface area contributed by atoms with E-state index in [0.29, 0.717) is 25.1 Å². The molecule has 3 rings (SSSR count). The number of hydrogen-bond acceptors (Lipinski definition) is 4. The molecule has 1 aliphatic rings. The van der Waals surface area contributed by atoms with Crippen LogP contribution in [0.25, 0.3) is 0 Å². The van der Waals surface area contributed by atoms with E-state index in [-0.39, 0.29) is 29.4 Å². The van der Waals surface area contributed by atoms with Gasteiger partial charge in [0.15, 0.2) is 0 Å². The van der Waals surface area contributed by atoms with Crippen molar-refractivity contribution in [3.63, 3.8) is 0 Å². The van der Waals surface area contributed by atoms with E-state index in [1.807, 2.05) is 32.9 Å². The van der Waals surface area contributed by atoms with Crippen LogP contribution in [0.5, 0.6) is 5.75 Å².